The van der Waals surface area contributed by atoms with Crippen molar-refractivity contribution in [3.63, 3.8) is 0 Å². The number of para-hydroxylation sites is 2. The molecule has 0 saturated carbocycles. The van der Waals surface area contributed by atoms with Gasteiger partial charge in [-0.05, 0) is 54.6 Å². The number of hydrogen-bond acceptors (Lipinski definition) is 3. The van der Waals surface area contributed by atoms with Crippen LogP contribution >= 0.6 is 0 Å². The number of aromatic nitrogens is 2. The normalized spacial score (nSPS) is 11.4. The summed E-state index contributed by atoms with van der Waals surface area (Å²) in [5, 5.41) is 2.78. The molecule has 0 fully saturated rings. The minimum atomic E-state index is -4.41. The lowest BCUT2D eigenvalue weighted by Gasteiger charge is -2.10. The van der Waals surface area contributed by atoms with Crippen molar-refractivity contribution in [3.05, 3.63) is 89.7 Å². The van der Waals surface area contributed by atoms with Crippen LogP contribution in [0.2, 0.25) is 0 Å². The summed E-state index contributed by atoms with van der Waals surface area (Å²) in [7, 11) is 0. The molecule has 4 rings (SSSR count). The molecule has 0 radical (unpaired) electrons. The molecule has 3 aromatic carbocycles. The maximum absolute atomic E-state index is 12.7. The van der Waals surface area contributed by atoms with Gasteiger partial charge in [-0.15, -0.1) is 0 Å². The summed E-state index contributed by atoms with van der Waals surface area (Å²) in [6.07, 6.45) is -4.41. The Balaban J connectivity index is 1.41. The van der Waals surface area contributed by atoms with Gasteiger partial charge in [-0.3, -0.25) is 4.79 Å². The van der Waals surface area contributed by atoms with Crippen LogP contribution in [0.15, 0.2) is 72.8 Å². The number of carbonyl (C=O) groups is 1. The Hall–Kier alpha value is -3.81. The number of nitrogens with one attached hydrogen (secondary N) is 2. The number of nitrogens with zero attached hydrogens (tertiary/aromatic N) is 1. The first kappa shape index (κ1) is 19.5. The number of H-pyrrole nitrogens is 1. The van der Waals surface area contributed by atoms with Gasteiger partial charge in [-0.2, -0.15) is 13.2 Å². The van der Waals surface area contributed by atoms with Crippen LogP contribution in [0.5, 0.6) is 11.5 Å². The third-order valence-electron chi connectivity index (χ3n) is 4.37. The number of amides is 1. The quantitative estimate of drug-likeness (QED) is 0.468. The zero-order valence-electron chi connectivity index (χ0n) is 15.5. The molecule has 0 saturated heterocycles. The summed E-state index contributed by atoms with van der Waals surface area (Å²) >= 11 is 0. The van der Waals surface area contributed by atoms with Crippen molar-refractivity contribution < 1.29 is 22.7 Å². The number of halogens is 3. The second-order valence-corrected chi connectivity index (χ2v) is 6.54. The number of ether oxygens (including phenoxy) is 1. The van der Waals surface area contributed by atoms with Gasteiger partial charge < -0.3 is 15.0 Å². The van der Waals surface area contributed by atoms with Crippen molar-refractivity contribution in [2.45, 2.75) is 12.7 Å². The van der Waals surface area contributed by atoms with Crippen LogP contribution in [-0.2, 0) is 12.7 Å². The van der Waals surface area contributed by atoms with Crippen LogP contribution in [0.4, 0.5) is 13.2 Å². The molecule has 0 bridgehead atoms. The molecule has 0 spiro atoms. The molecule has 0 aliphatic carbocycles. The van der Waals surface area contributed by atoms with Crippen LogP contribution in [0.25, 0.3) is 11.0 Å². The summed E-state index contributed by atoms with van der Waals surface area (Å²) in [4.78, 5) is 20.0. The van der Waals surface area contributed by atoms with E-state index in [4.69, 9.17) is 4.74 Å². The monoisotopic (exact) mass is 411 g/mol. The van der Waals surface area contributed by atoms with Crippen LogP contribution in [0, 0.1) is 0 Å². The number of alkyl halides is 3. The summed E-state index contributed by atoms with van der Waals surface area (Å²) in [6.45, 7) is 0.220. The number of carbonyl (C=O) groups excluding carboxylic acids is 1. The number of fused-ring (bicyclic) bond motifs is 1. The maximum Gasteiger partial charge on any atom is 0.416 e. The van der Waals surface area contributed by atoms with E-state index in [1.165, 1.54) is 18.2 Å². The molecule has 152 valence electrons. The van der Waals surface area contributed by atoms with Crippen molar-refractivity contribution in [1.82, 2.24) is 15.3 Å². The summed E-state index contributed by atoms with van der Waals surface area (Å²) < 4.78 is 43.5. The zero-order valence-corrected chi connectivity index (χ0v) is 15.5. The van der Waals surface area contributed by atoms with Crippen LogP contribution < -0.4 is 10.1 Å². The van der Waals surface area contributed by atoms with E-state index in [0.717, 1.165) is 23.2 Å². The molecule has 1 amide bonds. The highest BCUT2D eigenvalue weighted by molar-refractivity contribution is 5.94. The van der Waals surface area contributed by atoms with Crippen LogP contribution in [0.1, 0.15) is 21.7 Å². The average Bonchev–Trinajstić information content (AvgIpc) is 3.15. The Morgan fingerprint density at radius 3 is 2.47 bits per heavy atom. The Kier molecular flexibility index (Phi) is 5.14. The molecule has 1 heterocycles. The lowest BCUT2D eigenvalue weighted by Crippen LogP contribution is -2.23. The van der Waals surface area contributed by atoms with Gasteiger partial charge in [0.1, 0.15) is 17.3 Å². The Labute approximate surface area is 169 Å². The van der Waals surface area contributed by atoms with Gasteiger partial charge in [0.05, 0.1) is 23.1 Å². The topological polar surface area (TPSA) is 67.0 Å². The molecule has 0 aliphatic heterocycles. The largest absolute Gasteiger partial charge is 0.457 e. The number of rotatable bonds is 5. The van der Waals surface area contributed by atoms with Crippen molar-refractivity contribution >= 4 is 16.9 Å². The van der Waals surface area contributed by atoms with E-state index in [2.05, 4.69) is 15.3 Å². The first-order chi connectivity index (χ1) is 14.4. The number of imidazole rings is 1. The predicted octanol–water partition coefficient (Wildman–Crippen LogP) is 5.30. The first-order valence-electron chi connectivity index (χ1n) is 9.05. The zero-order chi connectivity index (χ0) is 21.1. The molecule has 8 heteroatoms. The molecule has 2 N–H and O–H groups in total. The fraction of sp³-hybridized carbons (Fsp3) is 0.0909. The van der Waals surface area contributed by atoms with Gasteiger partial charge in [0.25, 0.3) is 5.91 Å². The van der Waals surface area contributed by atoms with E-state index in [1.807, 2.05) is 24.3 Å². The van der Waals surface area contributed by atoms with Gasteiger partial charge in [-0.25, -0.2) is 4.98 Å². The molecule has 0 aliphatic rings. The molecule has 0 unspecified atom stereocenters. The third kappa shape index (κ3) is 4.43. The Bertz CT molecular complexity index is 1150. The summed E-state index contributed by atoms with van der Waals surface area (Å²) in [5.41, 5.74) is 1.30. The van der Waals surface area contributed by atoms with E-state index < -0.39 is 11.7 Å². The fourth-order valence-electron chi connectivity index (χ4n) is 2.90. The van der Waals surface area contributed by atoms with E-state index in [9.17, 15) is 18.0 Å². The SMILES string of the molecule is O=C(NCc1nc2ccccc2[nH]1)c1cccc(Oc2ccc(C(F)(F)F)cc2)c1. The van der Waals surface area contributed by atoms with Gasteiger partial charge in [0.2, 0.25) is 0 Å². The maximum atomic E-state index is 12.7. The highest BCUT2D eigenvalue weighted by Crippen LogP contribution is 2.31. The van der Waals surface area contributed by atoms with E-state index in [0.29, 0.717) is 17.1 Å². The van der Waals surface area contributed by atoms with Crippen LogP contribution in [0.3, 0.4) is 0 Å². The minimum absolute atomic E-state index is 0.220. The van der Waals surface area contributed by atoms with Crippen molar-refractivity contribution in [2.24, 2.45) is 0 Å². The Morgan fingerprint density at radius 1 is 0.967 bits per heavy atom. The minimum Gasteiger partial charge on any atom is -0.457 e. The van der Waals surface area contributed by atoms with E-state index >= 15 is 0 Å². The predicted molar refractivity (Wildman–Crippen MR) is 105 cm³/mol. The Morgan fingerprint density at radius 2 is 1.73 bits per heavy atom. The second-order valence-electron chi connectivity index (χ2n) is 6.54. The first-order valence-corrected chi connectivity index (χ1v) is 9.05. The van der Waals surface area contributed by atoms with E-state index in [-0.39, 0.29) is 18.2 Å². The second kappa shape index (κ2) is 7.90. The van der Waals surface area contributed by atoms with Gasteiger partial charge in [0, 0.05) is 5.56 Å². The average molecular weight is 411 g/mol. The fourth-order valence-corrected chi connectivity index (χ4v) is 2.90. The number of benzene rings is 3. The lowest BCUT2D eigenvalue weighted by molar-refractivity contribution is -0.137. The smallest absolute Gasteiger partial charge is 0.416 e. The van der Waals surface area contributed by atoms with Gasteiger partial charge in [-0.1, -0.05) is 18.2 Å². The number of hydrogen-bond donors (Lipinski definition) is 2. The molecular weight excluding hydrogens is 395 g/mol. The third-order valence-corrected chi connectivity index (χ3v) is 4.37. The molecule has 1 aromatic heterocycles. The standard InChI is InChI=1S/C22H16F3N3O2/c23-22(24,25)15-8-10-16(11-9-15)30-17-5-3-4-14(12-17)21(29)26-13-20-27-18-6-1-2-7-19(18)28-20/h1-12H,13H2,(H,26,29)(H,27,28). The van der Waals surface area contributed by atoms with Crippen molar-refractivity contribution in [1.29, 1.82) is 0 Å². The van der Waals surface area contributed by atoms with Crippen molar-refractivity contribution in [2.75, 3.05) is 0 Å². The molecule has 0 atom stereocenters. The van der Waals surface area contributed by atoms with Gasteiger partial charge in [0.15, 0.2) is 0 Å². The van der Waals surface area contributed by atoms with Crippen molar-refractivity contribution in [3.8, 4) is 11.5 Å². The number of aromatic amines is 1. The molecule has 30 heavy (non-hydrogen) atoms. The van der Waals surface area contributed by atoms with Crippen LogP contribution in [-0.4, -0.2) is 15.9 Å². The molecule has 4 aromatic rings. The van der Waals surface area contributed by atoms with E-state index in [1.54, 1.807) is 18.2 Å². The molecular formula is C22H16F3N3O2. The molecule has 5 nitrogen and oxygen atoms in total. The summed E-state index contributed by atoms with van der Waals surface area (Å²) in [5.74, 6) is 0.879. The highest BCUT2D eigenvalue weighted by atomic mass is 19.4. The lowest BCUT2D eigenvalue weighted by atomic mass is 10.2. The van der Waals surface area contributed by atoms with Gasteiger partial charge >= 0.3 is 6.18 Å². The summed E-state index contributed by atoms with van der Waals surface area (Å²) in [6, 6.07) is 18.3. The highest BCUT2D eigenvalue weighted by Gasteiger charge is 2.30.